The molecular weight excluding hydrogens is 763 g/mol. The molecule has 0 saturated heterocycles. The van der Waals surface area contributed by atoms with Crippen LogP contribution in [0.5, 0.6) is 0 Å². The molecule has 2 aliphatic carbocycles. The van der Waals surface area contributed by atoms with Crippen molar-refractivity contribution in [3.8, 4) is 55.6 Å². The minimum absolute atomic E-state index is 0.488. The van der Waals surface area contributed by atoms with Crippen molar-refractivity contribution >= 4 is 39.0 Å². The standard InChI is InChI=1S/C61H39NO/c1-2-14-40(15-3-1)41-26-31-44(32-27-41)62(46-35-36-53-52-21-9-13-25-59(52)63-60(53)39-46)45-33-28-42(29-34-45)43-30-37-58-54(38-43)48-17-5-4-16-47(48)49-18-6-10-22-55(49)61(58)56-23-11-7-19-50(56)51-20-8-12-24-57(51)61/h1-39H. The Labute approximate surface area is 366 Å². The first kappa shape index (κ1) is 35.5. The highest BCUT2D eigenvalue weighted by molar-refractivity contribution is 6.06. The first-order valence-corrected chi connectivity index (χ1v) is 21.7. The Morgan fingerprint density at radius 3 is 1.33 bits per heavy atom. The fourth-order valence-electron chi connectivity index (χ4n) is 10.8. The topological polar surface area (TPSA) is 16.4 Å². The SMILES string of the molecule is c1ccc(-c2ccc(N(c3ccc(-c4ccc5c(c4)-c4ccccc4-c4ccccc4C54c5ccccc5-c5ccccc54)cc3)c3ccc4c(c3)oc3ccccc34)cc2)cc1. The van der Waals surface area contributed by atoms with Crippen LogP contribution in [0.3, 0.4) is 0 Å². The van der Waals surface area contributed by atoms with Crippen molar-refractivity contribution in [2.24, 2.45) is 0 Å². The highest BCUT2D eigenvalue weighted by Crippen LogP contribution is 2.61. The number of fused-ring (bicyclic) bond motifs is 15. The summed E-state index contributed by atoms with van der Waals surface area (Å²) in [5.41, 5.74) is 22.1. The molecule has 0 aliphatic heterocycles. The van der Waals surface area contributed by atoms with Gasteiger partial charge in [0.1, 0.15) is 11.2 Å². The van der Waals surface area contributed by atoms with Crippen molar-refractivity contribution in [3.05, 3.63) is 259 Å². The summed E-state index contributed by atoms with van der Waals surface area (Å²) < 4.78 is 6.42. The number of rotatable bonds is 5. The number of furan rings is 1. The van der Waals surface area contributed by atoms with Gasteiger partial charge in [-0.1, -0.05) is 182 Å². The van der Waals surface area contributed by atoms with Gasteiger partial charge in [0, 0.05) is 33.9 Å². The van der Waals surface area contributed by atoms with Crippen LogP contribution >= 0.6 is 0 Å². The van der Waals surface area contributed by atoms with Gasteiger partial charge in [-0.05, 0) is 126 Å². The number of hydrogen-bond acceptors (Lipinski definition) is 2. The summed E-state index contributed by atoms with van der Waals surface area (Å²) in [7, 11) is 0. The van der Waals surface area contributed by atoms with Crippen LogP contribution in [0.25, 0.3) is 77.6 Å². The first-order chi connectivity index (χ1) is 31.2. The summed E-state index contributed by atoms with van der Waals surface area (Å²) in [6.45, 7) is 0. The Balaban J connectivity index is 0.965. The third kappa shape index (κ3) is 5.32. The summed E-state index contributed by atoms with van der Waals surface area (Å²) in [4.78, 5) is 2.33. The molecule has 0 radical (unpaired) electrons. The molecule has 1 aromatic heterocycles. The van der Waals surface area contributed by atoms with Crippen LogP contribution in [-0.4, -0.2) is 0 Å². The molecule has 63 heavy (non-hydrogen) atoms. The normalized spacial score (nSPS) is 12.9. The van der Waals surface area contributed by atoms with E-state index in [0.29, 0.717) is 0 Å². The molecule has 294 valence electrons. The molecule has 0 bridgehead atoms. The second-order valence-electron chi connectivity index (χ2n) is 16.8. The van der Waals surface area contributed by atoms with Gasteiger partial charge >= 0.3 is 0 Å². The van der Waals surface area contributed by atoms with E-state index in [9.17, 15) is 0 Å². The van der Waals surface area contributed by atoms with E-state index in [1.807, 2.05) is 12.1 Å². The van der Waals surface area contributed by atoms with Gasteiger partial charge in [0.15, 0.2) is 0 Å². The lowest BCUT2D eigenvalue weighted by molar-refractivity contribution is 0.669. The number of nitrogens with zero attached hydrogens (tertiary/aromatic N) is 1. The summed E-state index contributed by atoms with van der Waals surface area (Å²) in [6, 6.07) is 86.6. The second kappa shape index (κ2) is 13.9. The van der Waals surface area contributed by atoms with Crippen LogP contribution in [0.2, 0.25) is 0 Å². The smallest absolute Gasteiger partial charge is 0.137 e. The Hall–Kier alpha value is -8.20. The maximum Gasteiger partial charge on any atom is 0.137 e. The van der Waals surface area contributed by atoms with E-state index in [-0.39, 0.29) is 0 Å². The number of hydrogen-bond donors (Lipinski definition) is 0. The molecule has 2 heteroatoms. The van der Waals surface area contributed by atoms with E-state index in [1.54, 1.807) is 0 Å². The van der Waals surface area contributed by atoms with E-state index in [0.717, 1.165) is 44.6 Å². The molecule has 1 heterocycles. The van der Waals surface area contributed by atoms with Gasteiger partial charge in [-0.2, -0.15) is 0 Å². The fourth-order valence-corrected chi connectivity index (χ4v) is 10.8. The van der Waals surface area contributed by atoms with Crippen LogP contribution in [0.4, 0.5) is 17.1 Å². The average Bonchev–Trinajstić information content (AvgIpc) is 3.85. The molecule has 0 unspecified atom stereocenters. The van der Waals surface area contributed by atoms with Crippen LogP contribution in [0.1, 0.15) is 22.3 Å². The van der Waals surface area contributed by atoms with E-state index < -0.39 is 5.41 Å². The van der Waals surface area contributed by atoms with Crippen LogP contribution in [0, 0.1) is 0 Å². The molecule has 10 aromatic carbocycles. The quantitative estimate of drug-likeness (QED) is 0.172. The lowest BCUT2D eigenvalue weighted by Crippen LogP contribution is -2.29. The number of para-hydroxylation sites is 1. The summed E-state index contributed by atoms with van der Waals surface area (Å²) in [6.07, 6.45) is 0. The van der Waals surface area contributed by atoms with Crippen LogP contribution < -0.4 is 4.90 Å². The van der Waals surface area contributed by atoms with Crippen molar-refractivity contribution in [1.82, 2.24) is 0 Å². The third-order valence-corrected chi connectivity index (χ3v) is 13.5. The predicted octanol–water partition coefficient (Wildman–Crippen LogP) is 16.4. The zero-order chi connectivity index (χ0) is 41.5. The van der Waals surface area contributed by atoms with Gasteiger partial charge in [0.25, 0.3) is 0 Å². The number of anilines is 3. The van der Waals surface area contributed by atoms with Crippen molar-refractivity contribution in [1.29, 1.82) is 0 Å². The average molecular weight is 802 g/mol. The van der Waals surface area contributed by atoms with Gasteiger partial charge < -0.3 is 9.32 Å². The molecule has 0 amide bonds. The molecule has 11 aromatic rings. The molecule has 0 N–H and O–H groups in total. The molecule has 0 atom stereocenters. The maximum atomic E-state index is 6.42. The zero-order valence-electron chi connectivity index (χ0n) is 34.4. The summed E-state index contributed by atoms with van der Waals surface area (Å²) in [5, 5.41) is 2.24. The second-order valence-corrected chi connectivity index (χ2v) is 16.8. The van der Waals surface area contributed by atoms with E-state index >= 15 is 0 Å². The predicted molar refractivity (Wildman–Crippen MR) is 261 cm³/mol. The van der Waals surface area contributed by atoms with Crippen molar-refractivity contribution in [2.75, 3.05) is 4.90 Å². The molecule has 2 aliphatic rings. The Morgan fingerprint density at radius 1 is 0.270 bits per heavy atom. The molecule has 0 saturated carbocycles. The Bertz CT molecular complexity index is 3510. The number of benzene rings is 10. The summed E-state index contributed by atoms with van der Waals surface area (Å²) in [5.74, 6) is 0. The molecular formula is C61H39NO. The summed E-state index contributed by atoms with van der Waals surface area (Å²) >= 11 is 0. The zero-order valence-corrected chi connectivity index (χ0v) is 34.4. The molecule has 13 rings (SSSR count). The van der Waals surface area contributed by atoms with Crippen LogP contribution in [0.15, 0.2) is 241 Å². The highest BCUT2D eigenvalue weighted by atomic mass is 16.3. The first-order valence-electron chi connectivity index (χ1n) is 21.7. The minimum Gasteiger partial charge on any atom is -0.456 e. The highest BCUT2D eigenvalue weighted by Gasteiger charge is 2.49. The van der Waals surface area contributed by atoms with E-state index in [1.165, 1.54) is 72.3 Å². The van der Waals surface area contributed by atoms with E-state index in [2.05, 4.69) is 229 Å². The van der Waals surface area contributed by atoms with Crippen LogP contribution in [-0.2, 0) is 5.41 Å². The van der Waals surface area contributed by atoms with Gasteiger partial charge in [0.05, 0.1) is 5.41 Å². The van der Waals surface area contributed by atoms with Gasteiger partial charge in [0.2, 0.25) is 0 Å². The fraction of sp³-hybridized carbons (Fsp3) is 0.0164. The molecule has 0 fully saturated rings. The lowest BCUT2D eigenvalue weighted by Gasteiger charge is -2.35. The van der Waals surface area contributed by atoms with E-state index in [4.69, 9.17) is 4.42 Å². The largest absolute Gasteiger partial charge is 0.456 e. The van der Waals surface area contributed by atoms with Crippen molar-refractivity contribution < 1.29 is 4.42 Å². The monoisotopic (exact) mass is 801 g/mol. The Kier molecular flexibility index (Phi) is 7.85. The molecule has 1 spiro atoms. The Morgan fingerprint density at radius 2 is 0.698 bits per heavy atom. The lowest BCUT2D eigenvalue weighted by atomic mass is 9.66. The van der Waals surface area contributed by atoms with Crippen molar-refractivity contribution in [2.45, 2.75) is 5.41 Å². The molecule has 2 nitrogen and oxygen atoms in total. The minimum atomic E-state index is -0.488. The van der Waals surface area contributed by atoms with Gasteiger partial charge in [-0.25, -0.2) is 0 Å². The maximum absolute atomic E-state index is 6.42. The third-order valence-electron chi connectivity index (χ3n) is 13.5. The van der Waals surface area contributed by atoms with Gasteiger partial charge in [-0.3, -0.25) is 0 Å². The van der Waals surface area contributed by atoms with Gasteiger partial charge in [-0.15, -0.1) is 0 Å². The van der Waals surface area contributed by atoms with Crippen molar-refractivity contribution in [3.63, 3.8) is 0 Å².